The Labute approximate surface area is 320 Å². The van der Waals surface area contributed by atoms with Gasteiger partial charge in [0.2, 0.25) is 12.2 Å². The fourth-order valence-electron chi connectivity index (χ4n) is 5.99. The molecule has 2 aliphatic heterocycles. The average molecular weight is 789 g/mol. The van der Waals surface area contributed by atoms with Gasteiger partial charge in [-0.3, -0.25) is 38.4 Å². The Morgan fingerprint density at radius 3 is 1.20 bits per heavy atom. The molecular weight excluding hydrogens is 744 g/mol. The van der Waals surface area contributed by atoms with Crippen LogP contribution in [-0.4, -0.2) is 111 Å². The van der Waals surface area contributed by atoms with E-state index >= 15 is 0 Å². The Bertz CT molecular complexity index is 1690. The lowest BCUT2D eigenvalue weighted by Crippen LogP contribution is -2.49. The summed E-state index contributed by atoms with van der Waals surface area (Å²) in [4.78, 5) is 97.0. The van der Waals surface area contributed by atoms with Crippen LogP contribution < -0.4 is 19.8 Å². The van der Waals surface area contributed by atoms with Crippen molar-refractivity contribution in [3.8, 4) is 0 Å². The second-order valence-electron chi connectivity index (χ2n) is 12.6. The first kappa shape index (κ1) is 42.7. The third-order valence-corrected chi connectivity index (χ3v) is 8.13. The van der Waals surface area contributed by atoms with Gasteiger partial charge in [0.15, 0.2) is 37.0 Å². The molecule has 0 unspecified atom stereocenters. The molecule has 2 saturated heterocycles. The molecule has 2 aromatic heterocycles. The molecule has 0 radical (unpaired) electrons. The minimum absolute atomic E-state index is 0.00342. The number of carbonyl (C=O) groups excluding carboxylic acids is 8. The van der Waals surface area contributed by atoms with E-state index in [-0.39, 0.29) is 37.4 Å². The lowest BCUT2D eigenvalue weighted by atomic mass is 10.1. The van der Waals surface area contributed by atoms with Gasteiger partial charge in [-0.2, -0.15) is 9.13 Å². The number of pyridine rings is 2. The first-order chi connectivity index (χ1) is 26.5. The van der Waals surface area contributed by atoms with E-state index in [1.54, 1.807) is 24.5 Å². The van der Waals surface area contributed by atoms with Crippen molar-refractivity contribution in [1.82, 2.24) is 10.6 Å². The van der Waals surface area contributed by atoms with Crippen molar-refractivity contribution in [1.29, 1.82) is 0 Å². The maximum absolute atomic E-state index is 13.1. The van der Waals surface area contributed by atoms with Gasteiger partial charge in [-0.25, -0.2) is 0 Å². The molecule has 0 aliphatic carbocycles. The van der Waals surface area contributed by atoms with Crippen LogP contribution in [0, 0.1) is 0 Å². The van der Waals surface area contributed by atoms with Crippen LogP contribution >= 0.6 is 0 Å². The molecular formula is C36H44N4O16+2. The molecule has 4 heterocycles. The number of nitrogens with zero attached hydrogens (tertiary/aromatic N) is 2. The lowest BCUT2D eigenvalue weighted by Gasteiger charge is -2.21. The number of esters is 6. The first-order valence-electron chi connectivity index (χ1n) is 17.4. The fourth-order valence-corrected chi connectivity index (χ4v) is 5.99. The number of nitrogens with one attached hydrogen (secondary N) is 2. The SMILES string of the molecule is CC(=O)OC[C@H]1O[C@@H]([n+]2cccc(C(=O)NCCNC(=O)c3ccc[n+]([C@@H]4O[C@H](COC(C)=O)[C@@H](OC(C)=O)[C@H]4OC(C)=O)c3)c2)[C@H](OC(C)=O)[C@@H]1OC(C)=O. The molecule has 2 fully saturated rings. The zero-order chi connectivity index (χ0) is 41.1. The van der Waals surface area contributed by atoms with E-state index in [1.807, 2.05) is 0 Å². The molecule has 8 atom stereocenters. The van der Waals surface area contributed by atoms with Gasteiger partial charge in [-0.15, -0.1) is 0 Å². The normalized spacial score (nSPS) is 23.9. The fraction of sp³-hybridized carbons (Fsp3) is 0.500. The van der Waals surface area contributed by atoms with Crippen LogP contribution in [0.5, 0.6) is 0 Å². The number of aromatic nitrogens is 2. The Morgan fingerprint density at radius 1 is 0.536 bits per heavy atom. The van der Waals surface area contributed by atoms with Crippen molar-refractivity contribution < 1.29 is 85.4 Å². The second-order valence-corrected chi connectivity index (χ2v) is 12.6. The molecule has 4 rings (SSSR count). The third-order valence-electron chi connectivity index (χ3n) is 8.13. The van der Waals surface area contributed by atoms with Crippen LogP contribution in [-0.2, 0) is 66.7 Å². The van der Waals surface area contributed by atoms with Gasteiger partial charge >= 0.3 is 48.3 Å². The predicted octanol–water partition coefficient (Wildman–Crippen LogP) is -0.931. The summed E-state index contributed by atoms with van der Waals surface area (Å²) in [6.45, 7) is 6.47. The monoisotopic (exact) mass is 788 g/mol. The number of ether oxygens (including phenoxy) is 8. The highest BCUT2D eigenvalue weighted by atomic mass is 16.7. The van der Waals surface area contributed by atoms with Gasteiger partial charge in [-0.05, 0) is 12.1 Å². The van der Waals surface area contributed by atoms with Crippen molar-refractivity contribution in [2.75, 3.05) is 26.3 Å². The van der Waals surface area contributed by atoms with Crippen molar-refractivity contribution >= 4 is 47.6 Å². The van der Waals surface area contributed by atoms with Gasteiger partial charge in [0.05, 0.1) is 0 Å². The van der Waals surface area contributed by atoms with Crippen LogP contribution in [0.25, 0.3) is 0 Å². The second kappa shape index (κ2) is 19.5. The van der Waals surface area contributed by atoms with E-state index in [0.717, 1.165) is 0 Å². The summed E-state index contributed by atoms with van der Waals surface area (Å²) in [6.07, 6.45) is -2.76. The zero-order valence-electron chi connectivity index (χ0n) is 31.5. The molecule has 0 spiro atoms. The summed E-state index contributed by atoms with van der Waals surface area (Å²) in [6, 6.07) is 6.12. The smallest absolute Gasteiger partial charge is 0.304 e. The summed E-state index contributed by atoms with van der Waals surface area (Å²) in [5.74, 6) is -5.00. The Balaban J connectivity index is 1.40. The number of hydrogen-bond acceptors (Lipinski definition) is 16. The van der Waals surface area contributed by atoms with Crippen LogP contribution in [0.15, 0.2) is 49.1 Å². The number of rotatable bonds is 15. The van der Waals surface area contributed by atoms with Crippen molar-refractivity contribution in [3.05, 3.63) is 60.2 Å². The van der Waals surface area contributed by atoms with Crippen LogP contribution in [0.3, 0.4) is 0 Å². The summed E-state index contributed by atoms with van der Waals surface area (Å²) in [7, 11) is 0. The highest BCUT2D eigenvalue weighted by molar-refractivity contribution is 5.94. The van der Waals surface area contributed by atoms with Gasteiger partial charge in [0.1, 0.15) is 36.5 Å². The number of amides is 2. The molecule has 0 bridgehead atoms. The quantitative estimate of drug-likeness (QED) is 0.0959. The van der Waals surface area contributed by atoms with Gasteiger partial charge in [0.25, 0.3) is 11.8 Å². The molecule has 2 N–H and O–H groups in total. The van der Waals surface area contributed by atoms with E-state index in [2.05, 4.69) is 10.6 Å². The van der Waals surface area contributed by atoms with Gasteiger partial charge < -0.3 is 48.5 Å². The molecule has 2 aromatic rings. The van der Waals surface area contributed by atoms with Gasteiger partial charge in [-0.1, -0.05) is 0 Å². The number of hydrogen-bond donors (Lipinski definition) is 2. The lowest BCUT2D eigenvalue weighted by molar-refractivity contribution is -0.765. The molecule has 0 aromatic carbocycles. The molecule has 2 aliphatic rings. The Hall–Kier alpha value is -6.02. The molecule has 0 saturated carbocycles. The maximum Gasteiger partial charge on any atom is 0.304 e. The number of carbonyl (C=O) groups is 8. The van der Waals surface area contributed by atoms with Crippen LogP contribution in [0.2, 0.25) is 0 Å². The molecule has 20 heteroatoms. The average Bonchev–Trinajstić information content (AvgIpc) is 3.63. The maximum atomic E-state index is 13.1. The van der Waals surface area contributed by atoms with E-state index in [9.17, 15) is 38.4 Å². The zero-order valence-corrected chi connectivity index (χ0v) is 31.5. The van der Waals surface area contributed by atoms with Crippen LogP contribution in [0.4, 0.5) is 0 Å². The minimum Gasteiger partial charge on any atom is -0.463 e. The molecule has 20 nitrogen and oxygen atoms in total. The Morgan fingerprint density at radius 2 is 0.875 bits per heavy atom. The first-order valence-corrected chi connectivity index (χ1v) is 17.4. The Kier molecular flexibility index (Phi) is 14.9. The topological polar surface area (TPSA) is 242 Å². The minimum atomic E-state index is -1.16. The highest BCUT2D eigenvalue weighted by Crippen LogP contribution is 2.32. The summed E-state index contributed by atoms with van der Waals surface area (Å²) in [5.41, 5.74) is 0.331. The molecule has 56 heavy (non-hydrogen) atoms. The standard InChI is InChI=1S/C36H42N4O16/c1-19(41)49-17-27-29(51-21(3)43)31(53-23(5)45)35(55-27)39-13-7-9-25(15-39)33(47)37-11-12-38-34(48)26-10-8-14-40(16-26)36-32(54-24(6)46)30(52-22(4)44)28(56-36)18-50-20(2)42/h7-10,13-16,27-32,35-36H,11-12,17-18H2,1-6H3/p+2/t27-,28-,29-,30-,31-,32-,35-,36-/m1/s1. The van der Waals surface area contributed by atoms with Crippen molar-refractivity contribution in [3.63, 3.8) is 0 Å². The van der Waals surface area contributed by atoms with Crippen molar-refractivity contribution in [2.45, 2.75) is 90.6 Å². The van der Waals surface area contributed by atoms with Crippen molar-refractivity contribution in [2.24, 2.45) is 0 Å². The summed E-state index contributed by atoms with van der Waals surface area (Å²) in [5, 5.41) is 5.40. The van der Waals surface area contributed by atoms with E-state index in [1.165, 1.54) is 75.2 Å². The summed E-state index contributed by atoms with van der Waals surface area (Å²) < 4.78 is 46.8. The van der Waals surface area contributed by atoms with E-state index < -0.39 is 96.7 Å². The van der Waals surface area contributed by atoms with Crippen LogP contribution in [0.1, 0.15) is 74.7 Å². The van der Waals surface area contributed by atoms with E-state index in [0.29, 0.717) is 0 Å². The van der Waals surface area contributed by atoms with E-state index in [4.69, 9.17) is 37.9 Å². The largest absolute Gasteiger partial charge is 0.463 e. The molecule has 2 amide bonds. The predicted molar refractivity (Wildman–Crippen MR) is 181 cm³/mol. The third kappa shape index (κ3) is 11.7. The molecule has 302 valence electrons. The summed E-state index contributed by atoms with van der Waals surface area (Å²) >= 11 is 0. The van der Waals surface area contributed by atoms with Gasteiger partial charge in [0, 0.05) is 66.8 Å². The highest BCUT2D eigenvalue weighted by Gasteiger charge is 2.56.